The van der Waals surface area contributed by atoms with E-state index in [9.17, 15) is 4.91 Å². The van der Waals surface area contributed by atoms with Crippen LogP contribution in [0.2, 0.25) is 5.02 Å². The van der Waals surface area contributed by atoms with Crippen LogP contribution in [-0.4, -0.2) is 0 Å². The molecule has 0 heterocycles. The van der Waals surface area contributed by atoms with Gasteiger partial charge in [-0.3, -0.25) is 0 Å². The molecule has 0 aromatic heterocycles. The van der Waals surface area contributed by atoms with E-state index in [1.165, 1.54) is 0 Å². The van der Waals surface area contributed by atoms with E-state index in [1.807, 2.05) is 6.92 Å². The molecule has 0 aliphatic rings. The van der Waals surface area contributed by atoms with E-state index >= 15 is 0 Å². The van der Waals surface area contributed by atoms with Gasteiger partial charge in [-0.2, -0.15) is 0 Å². The largest absolute Gasteiger partial charge is 0.145 e. The molecule has 0 spiro atoms. The van der Waals surface area contributed by atoms with E-state index in [-0.39, 0.29) is 0 Å². The number of nitroso groups, excluding NO2 is 1. The lowest BCUT2D eigenvalue weighted by Crippen LogP contribution is -1.79. The van der Waals surface area contributed by atoms with E-state index in [0.29, 0.717) is 10.7 Å². The molecule has 1 aromatic carbocycles. The highest BCUT2D eigenvalue weighted by Crippen LogP contribution is 2.25. The van der Waals surface area contributed by atoms with Crippen molar-refractivity contribution in [2.75, 3.05) is 0 Å². The minimum atomic E-state index is 0.362. The van der Waals surface area contributed by atoms with Gasteiger partial charge in [0.1, 0.15) is 5.69 Å². The maximum atomic E-state index is 10.2. The molecule has 0 bridgehead atoms. The SMILES string of the molecule is Cc1[c]c(C)c(N=O)cc1Cl. The Morgan fingerprint density at radius 1 is 1.45 bits per heavy atom. The van der Waals surface area contributed by atoms with Crippen molar-refractivity contribution in [3.63, 3.8) is 0 Å². The zero-order valence-corrected chi connectivity index (χ0v) is 7.07. The summed E-state index contributed by atoms with van der Waals surface area (Å²) in [5, 5.41) is 3.34. The standard InChI is InChI=1S/C8H7ClNO/c1-5-3-6(2)8(10-11)4-7(5)9/h4H,1-2H3. The highest BCUT2D eigenvalue weighted by molar-refractivity contribution is 6.31. The third-order valence-corrected chi connectivity index (χ3v) is 1.87. The number of benzene rings is 1. The van der Waals surface area contributed by atoms with E-state index in [2.05, 4.69) is 11.2 Å². The van der Waals surface area contributed by atoms with Gasteiger partial charge in [0.2, 0.25) is 0 Å². The van der Waals surface area contributed by atoms with Gasteiger partial charge in [-0.1, -0.05) is 11.6 Å². The molecule has 0 fully saturated rings. The molecular formula is C8H7ClNO. The molecule has 0 N–H and O–H groups in total. The Morgan fingerprint density at radius 2 is 2.09 bits per heavy atom. The minimum Gasteiger partial charge on any atom is -0.145 e. The molecule has 0 atom stereocenters. The topological polar surface area (TPSA) is 29.4 Å². The van der Waals surface area contributed by atoms with Crippen molar-refractivity contribution in [2.45, 2.75) is 13.8 Å². The molecule has 1 radical (unpaired) electrons. The number of aryl methyl sites for hydroxylation is 2. The van der Waals surface area contributed by atoms with Gasteiger partial charge in [0.05, 0.1) is 0 Å². The fraction of sp³-hybridized carbons (Fsp3) is 0.250. The molecule has 2 nitrogen and oxygen atoms in total. The van der Waals surface area contributed by atoms with E-state index in [1.54, 1.807) is 13.0 Å². The fourth-order valence-electron chi connectivity index (χ4n) is 0.836. The second-order valence-corrected chi connectivity index (χ2v) is 2.75. The van der Waals surface area contributed by atoms with Crippen LogP contribution in [0.5, 0.6) is 0 Å². The first kappa shape index (κ1) is 8.21. The minimum absolute atomic E-state index is 0.362. The van der Waals surface area contributed by atoms with E-state index < -0.39 is 0 Å². The van der Waals surface area contributed by atoms with Gasteiger partial charge in [0.15, 0.2) is 0 Å². The third-order valence-electron chi connectivity index (χ3n) is 1.48. The van der Waals surface area contributed by atoms with Crippen molar-refractivity contribution in [1.82, 2.24) is 0 Å². The first-order chi connectivity index (χ1) is 5.15. The summed E-state index contributed by atoms with van der Waals surface area (Å²) in [6.07, 6.45) is 0. The normalized spacial score (nSPS) is 9.73. The monoisotopic (exact) mass is 168 g/mol. The van der Waals surface area contributed by atoms with Gasteiger partial charge in [-0.15, -0.1) is 4.91 Å². The quantitative estimate of drug-likeness (QED) is 0.593. The van der Waals surface area contributed by atoms with Crippen LogP contribution < -0.4 is 0 Å². The highest BCUT2D eigenvalue weighted by atomic mass is 35.5. The summed E-state index contributed by atoms with van der Waals surface area (Å²) in [7, 11) is 0. The van der Waals surface area contributed by atoms with Gasteiger partial charge in [0, 0.05) is 5.02 Å². The number of nitrogens with zero attached hydrogens (tertiary/aromatic N) is 1. The average molecular weight is 169 g/mol. The molecule has 0 unspecified atom stereocenters. The summed E-state index contributed by atoms with van der Waals surface area (Å²) < 4.78 is 0. The van der Waals surface area contributed by atoms with Gasteiger partial charge in [-0.25, -0.2) is 0 Å². The number of hydrogen-bond acceptors (Lipinski definition) is 2. The molecule has 0 aliphatic carbocycles. The molecule has 1 rings (SSSR count). The van der Waals surface area contributed by atoms with Crippen LogP contribution in [-0.2, 0) is 0 Å². The molecule has 57 valence electrons. The zero-order chi connectivity index (χ0) is 8.43. The Balaban J connectivity index is 3.31. The fourth-order valence-corrected chi connectivity index (χ4v) is 0.987. The Labute approximate surface area is 70.2 Å². The van der Waals surface area contributed by atoms with Gasteiger partial charge >= 0.3 is 0 Å². The summed E-state index contributed by atoms with van der Waals surface area (Å²) >= 11 is 5.73. The lowest BCUT2D eigenvalue weighted by Gasteiger charge is -1.99. The number of halogens is 1. The second-order valence-electron chi connectivity index (χ2n) is 2.34. The van der Waals surface area contributed by atoms with Gasteiger partial charge in [0.25, 0.3) is 0 Å². The Kier molecular flexibility index (Phi) is 2.25. The van der Waals surface area contributed by atoms with Crippen LogP contribution in [0.3, 0.4) is 0 Å². The van der Waals surface area contributed by atoms with Crippen LogP contribution in [0.4, 0.5) is 5.69 Å². The average Bonchev–Trinajstić information content (AvgIpc) is 1.97. The van der Waals surface area contributed by atoms with Gasteiger partial charge < -0.3 is 0 Å². The summed E-state index contributed by atoms with van der Waals surface area (Å²) in [5.74, 6) is 0. The molecule has 0 saturated carbocycles. The third kappa shape index (κ3) is 1.57. The number of rotatable bonds is 1. The van der Waals surface area contributed by atoms with Crippen molar-refractivity contribution in [2.24, 2.45) is 5.18 Å². The second kappa shape index (κ2) is 3.01. The Bertz CT molecular complexity index is 296. The molecular weight excluding hydrogens is 162 g/mol. The predicted octanol–water partition coefficient (Wildman–Crippen LogP) is 3.15. The number of hydrogen-bond donors (Lipinski definition) is 0. The van der Waals surface area contributed by atoms with E-state index in [4.69, 9.17) is 11.6 Å². The van der Waals surface area contributed by atoms with Crippen molar-refractivity contribution >= 4 is 17.3 Å². The van der Waals surface area contributed by atoms with Crippen LogP contribution in [0, 0.1) is 24.8 Å². The van der Waals surface area contributed by atoms with Crippen molar-refractivity contribution in [3.8, 4) is 0 Å². The summed E-state index contributed by atoms with van der Waals surface area (Å²) in [5.41, 5.74) is 1.94. The Hall–Kier alpha value is -0.890. The highest BCUT2D eigenvalue weighted by Gasteiger charge is 2.02. The predicted molar refractivity (Wildman–Crippen MR) is 45.2 cm³/mol. The molecule has 11 heavy (non-hydrogen) atoms. The molecule has 0 aliphatic heterocycles. The summed E-state index contributed by atoms with van der Waals surface area (Å²) in [6, 6.07) is 4.48. The van der Waals surface area contributed by atoms with Crippen LogP contribution in [0.25, 0.3) is 0 Å². The van der Waals surface area contributed by atoms with E-state index in [0.717, 1.165) is 11.1 Å². The lowest BCUT2D eigenvalue weighted by atomic mass is 10.1. The van der Waals surface area contributed by atoms with Crippen LogP contribution >= 0.6 is 11.6 Å². The molecule has 3 heteroatoms. The molecule has 0 saturated heterocycles. The van der Waals surface area contributed by atoms with Crippen molar-refractivity contribution in [3.05, 3.63) is 33.2 Å². The Morgan fingerprint density at radius 3 is 2.64 bits per heavy atom. The van der Waals surface area contributed by atoms with Crippen molar-refractivity contribution < 1.29 is 0 Å². The lowest BCUT2D eigenvalue weighted by molar-refractivity contribution is 1.33. The summed E-state index contributed by atoms with van der Waals surface area (Å²) in [6.45, 7) is 3.62. The molecule has 1 aromatic rings. The summed E-state index contributed by atoms with van der Waals surface area (Å²) in [4.78, 5) is 10.2. The van der Waals surface area contributed by atoms with Crippen LogP contribution in [0.15, 0.2) is 11.2 Å². The smallest absolute Gasteiger partial charge is 0.113 e. The zero-order valence-electron chi connectivity index (χ0n) is 6.31. The molecule has 0 amide bonds. The van der Waals surface area contributed by atoms with Crippen LogP contribution in [0.1, 0.15) is 11.1 Å². The van der Waals surface area contributed by atoms with Crippen molar-refractivity contribution in [1.29, 1.82) is 0 Å². The first-order valence-corrected chi connectivity index (χ1v) is 3.55. The maximum Gasteiger partial charge on any atom is 0.113 e. The van der Waals surface area contributed by atoms with Gasteiger partial charge in [-0.05, 0) is 42.3 Å². The first-order valence-electron chi connectivity index (χ1n) is 3.17. The maximum absolute atomic E-state index is 10.2.